The lowest BCUT2D eigenvalue weighted by Gasteiger charge is -2.42. The van der Waals surface area contributed by atoms with Crippen LogP contribution in [-0.4, -0.2) is 32.9 Å². The van der Waals surface area contributed by atoms with E-state index in [4.69, 9.17) is 9.47 Å². The van der Waals surface area contributed by atoms with E-state index in [-0.39, 0.29) is 11.5 Å². The van der Waals surface area contributed by atoms with E-state index in [1.165, 1.54) is 18.4 Å². The highest BCUT2D eigenvalue weighted by molar-refractivity contribution is 5.34. The molecular formula is C16H25NO2. The van der Waals surface area contributed by atoms with Gasteiger partial charge in [0.1, 0.15) is 5.75 Å². The van der Waals surface area contributed by atoms with Crippen molar-refractivity contribution in [2.75, 3.05) is 26.8 Å². The predicted molar refractivity (Wildman–Crippen MR) is 77.9 cm³/mol. The van der Waals surface area contributed by atoms with Gasteiger partial charge in [-0.05, 0) is 58.0 Å². The minimum Gasteiger partial charge on any atom is -0.491 e. The third kappa shape index (κ3) is 3.48. The van der Waals surface area contributed by atoms with E-state index in [9.17, 15) is 0 Å². The Hall–Kier alpha value is -1.06. The Morgan fingerprint density at radius 3 is 2.42 bits per heavy atom. The molecule has 1 fully saturated rings. The van der Waals surface area contributed by atoms with Gasteiger partial charge in [-0.2, -0.15) is 0 Å². The molecule has 0 radical (unpaired) electrons. The molecule has 0 unspecified atom stereocenters. The third-order valence-corrected chi connectivity index (χ3v) is 3.68. The number of ether oxygens (including phenoxy) is 2. The molecule has 19 heavy (non-hydrogen) atoms. The van der Waals surface area contributed by atoms with Crippen molar-refractivity contribution in [3.05, 3.63) is 29.8 Å². The molecule has 1 aliphatic rings. The Balaban J connectivity index is 2.02. The molecule has 0 atom stereocenters. The summed E-state index contributed by atoms with van der Waals surface area (Å²) in [5.41, 5.74) is 1.61. The number of nitrogens with one attached hydrogen (secondary N) is 1. The SMILES string of the molecule is CNCCCC1(c2ccc(OC(C)C)cc2)COC1. The number of benzene rings is 1. The lowest BCUT2D eigenvalue weighted by molar-refractivity contribution is -0.0650. The standard InChI is InChI=1S/C16H25NO2/c1-13(2)19-15-7-5-14(6-8-15)16(11-18-12-16)9-4-10-17-3/h5-8,13,17H,4,9-12H2,1-3H3. The second-order valence-electron chi connectivity index (χ2n) is 5.67. The molecule has 1 aliphatic heterocycles. The molecule has 1 aromatic carbocycles. The maximum atomic E-state index is 5.69. The van der Waals surface area contributed by atoms with Gasteiger partial charge in [0, 0.05) is 5.41 Å². The van der Waals surface area contributed by atoms with E-state index in [0.717, 1.165) is 25.5 Å². The number of hydrogen-bond acceptors (Lipinski definition) is 3. The molecular weight excluding hydrogens is 238 g/mol. The van der Waals surface area contributed by atoms with Gasteiger partial charge in [0.05, 0.1) is 19.3 Å². The van der Waals surface area contributed by atoms with Crippen LogP contribution in [0.5, 0.6) is 5.75 Å². The van der Waals surface area contributed by atoms with Gasteiger partial charge < -0.3 is 14.8 Å². The summed E-state index contributed by atoms with van der Waals surface area (Å²) in [5, 5.41) is 3.21. The van der Waals surface area contributed by atoms with Crippen LogP contribution in [0.2, 0.25) is 0 Å². The van der Waals surface area contributed by atoms with Crippen LogP contribution >= 0.6 is 0 Å². The van der Waals surface area contributed by atoms with Crippen molar-refractivity contribution in [3.8, 4) is 5.75 Å². The topological polar surface area (TPSA) is 30.5 Å². The summed E-state index contributed by atoms with van der Waals surface area (Å²) in [6.07, 6.45) is 2.59. The second kappa shape index (κ2) is 6.40. The van der Waals surface area contributed by atoms with Gasteiger partial charge in [0.2, 0.25) is 0 Å². The summed E-state index contributed by atoms with van der Waals surface area (Å²) in [6.45, 7) is 6.86. The molecule has 2 rings (SSSR count). The molecule has 1 aromatic rings. The van der Waals surface area contributed by atoms with Gasteiger partial charge in [-0.25, -0.2) is 0 Å². The van der Waals surface area contributed by atoms with Gasteiger partial charge in [-0.3, -0.25) is 0 Å². The van der Waals surface area contributed by atoms with Crippen LogP contribution in [0.1, 0.15) is 32.3 Å². The molecule has 1 saturated heterocycles. The zero-order valence-electron chi connectivity index (χ0n) is 12.2. The summed E-state index contributed by atoms with van der Waals surface area (Å²) in [5.74, 6) is 0.948. The Morgan fingerprint density at radius 2 is 1.95 bits per heavy atom. The maximum Gasteiger partial charge on any atom is 0.119 e. The monoisotopic (exact) mass is 263 g/mol. The normalized spacial score (nSPS) is 17.3. The molecule has 0 bridgehead atoms. The van der Waals surface area contributed by atoms with Gasteiger partial charge in [-0.15, -0.1) is 0 Å². The average Bonchev–Trinajstić information content (AvgIpc) is 2.33. The van der Waals surface area contributed by atoms with E-state index >= 15 is 0 Å². The van der Waals surface area contributed by atoms with Crippen LogP contribution in [0.4, 0.5) is 0 Å². The van der Waals surface area contributed by atoms with Crippen LogP contribution in [0.15, 0.2) is 24.3 Å². The van der Waals surface area contributed by atoms with Gasteiger partial charge >= 0.3 is 0 Å². The van der Waals surface area contributed by atoms with Crippen molar-refractivity contribution in [2.45, 2.75) is 38.2 Å². The van der Waals surface area contributed by atoms with Crippen molar-refractivity contribution >= 4 is 0 Å². The Kier molecular flexibility index (Phi) is 4.83. The number of rotatable bonds is 7. The first kappa shape index (κ1) is 14.4. The van der Waals surface area contributed by atoms with Crippen molar-refractivity contribution in [1.82, 2.24) is 5.32 Å². The Morgan fingerprint density at radius 1 is 1.26 bits per heavy atom. The fourth-order valence-electron chi connectivity index (χ4n) is 2.57. The molecule has 0 saturated carbocycles. The lowest BCUT2D eigenvalue weighted by atomic mass is 9.75. The highest BCUT2D eigenvalue weighted by Crippen LogP contribution is 2.37. The van der Waals surface area contributed by atoms with Crippen molar-refractivity contribution in [3.63, 3.8) is 0 Å². The summed E-state index contributed by atoms with van der Waals surface area (Å²) < 4.78 is 11.2. The van der Waals surface area contributed by atoms with E-state index in [0.29, 0.717) is 0 Å². The quantitative estimate of drug-likeness (QED) is 0.767. The van der Waals surface area contributed by atoms with Crippen molar-refractivity contribution in [2.24, 2.45) is 0 Å². The highest BCUT2D eigenvalue weighted by Gasteiger charge is 2.39. The third-order valence-electron chi connectivity index (χ3n) is 3.68. The summed E-state index contributed by atoms with van der Waals surface area (Å²) >= 11 is 0. The van der Waals surface area contributed by atoms with Crippen molar-refractivity contribution < 1.29 is 9.47 Å². The molecule has 0 amide bonds. The summed E-state index contributed by atoms with van der Waals surface area (Å²) in [6, 6.07) is 8.54. The number of hydrogen-bond donors (Lipinski definition) is 1. The fraction of sp³-hybridized carbons (Fsp3) is 0.625. The lowest BCUT2D eigenvalue weighted by Crippen LogP contribution is -2.47. The minimum absolute atomic E-state index is 0.225. The van der Waals surface area contributed by atoms with E-state index in [2.05, 4.69) is 29.6 Å². The molecule has 3 heteroatoms. The molecule has 1 heterocycles. The minimum atomic E-state index is 0.225. The van der Waals surface area contributed by atoms with Crippen molar-refractivity contribution in [1.29, 1.82) is 0 Å². The molecule has 106 valence electrons. The molecule has 0 spiro atoms. The van der Waals surface area contributed by atoms with Gasteiger partial charge in [-0.1, -0.05) is 12.1 Å². The molecule has 3 nitrogen and oxygen atoms in total. The van der Waals surface area contributed by atoms with Gasteiger partial charge in [0.25, 0.3) is 0 Å². The fourth-order valence-corrected chi connectivity index (χ4v) is 2.57. The molecule has 1 N–H and O–H groups in total. The Labute approximate surface area is 116 Å². The van der Waals surface area contributed by atoms with Crippen LogP contribution in [0.25, 0.3) is 0 Å². The van der Waals surface area contributed by atoms with Crippen LogP contribution < -0.4 is 10.1 Å². The van der Waals surface area contributed by atoms with E-state index < -0.39 is 0 Å². The average molecular weight is 263 g/mol. The zero-order valence-corrected chi connectivity index (χ0v) is 12.2. The largest absolute Gasteiger partial charge is 0.491 e. The first-order valence-corrected chi connectivity index (χ1v) is 7.16. The first-order valence-electron chi connectivity index (χ1n) is 7.16. The molecule has 0 aliphatic carbocycles. The zero-order chi connectivity index (χ0) is 13.7. The van der Waals surface area contributed by atoms with E-state index in [1.807, 2.05) is 20.9 Å². The van der Waals surface area contributed by atoms with Crippen LogP contribution in [0, 0.1) is 0 Å². The summed E-state index contributed by atoms with van der Waals surface area (Å²) in [7, 11) is 2.00. The summed E-state index contributed by atoms with van der Waals surface area (Å²) in [4.78, 5) is 0. The van der Waals surface area contributed by atoms with Crippen LogP contribution in [0.3, 0.4) is 0 Å². The van der Waals surface area contributed by atoms with Crippen LogP contribution in [-0.2, 0) is 10.2 Å². The predicted octanol–water partition coefficient (Wildman–Crippen LogP) is 2.74. The second-order valence-corrected chi connectivity index (χ2v) is 5.67. The maximum absolute atomic E-state index is 5.69. The smallest absolute Gasteiger partial charge is 0.119 e. The van der Waals surface area contributed by atoms with E-state index in [1.54, 1.807) is 0 Å². The highest BCUT2D eigenvalue weighted by atomic mass is 16.5. The first-order chi connectivity index (χ1) is 9.16. The van der Waals surface area contributed by atoms with Gasteiger partial charge in [0.15, 0.2) is 0 Å². The Bertz CT molecular complexity index is 382. The molecule has 0 aromatic heterocycles.